The smallest absolute Gasteiger partial charge is 0.414 e. The van der Waals surface area contributed by atoms with E-state index in [-0.39, 0.29) is 18.0 Å². The van der Waals surface area contributed by atoms with E-state index in [1.165, 1.54) is 0 Å². The van der Waals surface area contributed by atoms with Gasteiger partial charge in [-0.25, -0.2) is 4.79 Å². The highest BCUT2D eigenvalue weighted by molar-refractivity contribution is 6.91. The van der Waals surface area contributed by atoms with Crippen molar-refractivity contribution in [2.45, 2.75) is 90.3 Å². The molecule has 0 radical (unpaired) electrons. The number of rotatable bonds is 4. The van der Waals surface area contributed by atoms with Gasteiger partial charge in [0.2, 0.25) is 0 Å². The molecular weight excluding hydrogens is 358 g/mol. The summed E-state index contributed by atoms with van der Waals surface area (Å²) < 4.78 is 11.9. The maximum absolute atomic E-state index is 13.6. The number of ketones is 1. The van der Waals surface area contributed by atoms with Crippen LogP contribution in [-0.2, 0) is 14.3 Å². The maximum Gasteiger partial charge on any atom is 0.414 e. The third-order valence-electron chi connectivity index (χ3n) is 6.53. The Morgan fingerprint density at radius 2 is 1.89 bits per heavy atom. The molecule has 1 amide bonds. The topological polar surface area (TPSA) is 59.1 Å². The molecule has 0 aromatic carbocycles. The second-order valence-electron chi connectivity index (χ2n) is 8.86. The maximum atomic E-state index is 13.6. The van der Waals surface area contributed by atoms with E-state index in [0.717, 1.165) is 41.0 Å². The van der Waals surface area contributed by atoms with Crippen molar-refractivity contribution in [2.75, 3.05) is 6.54 Å². The van der Waals surface area contributed by atoms with Crippen LogP contribution in [0.2, 0.25) is 18.1 Å². The molecule has 0 aromatic rings. The van der Waals surface area contributed by atoms with Gasteiger partial charge in [-0.1, -0.05) is 45.0 Å². The second-order valence-corrected chi connectivity index (χ2v) is 14.0. The number of Topliss-reactive ketones (excluding diaryl/α,β-unsaturated/α-hetero) is 1. The van der Waals surface area contributed by atoms with Gasteiger partial charge in [-0.15, -0.1) is 0 Å². The lowest BCUT2D eigenvalue weighted by molar-refractivity contribution is -0.111. The van der Waals surface area contributed by atoms with E-state index in [1.54, 1.807) is 4.90 Å². The number of epoxide rings is 1. The van der Waals surface area contributed by atoms with E-state index < -0.39 is 19.3 Å². The number of nitrogens with zero attached hydrogens (tertiary/aromatic N) is 1. The van der Waals surface area contributed by atoms with Crippen LogP contribution in [0.1, 0.15) is 54.9 Å². The highest BCUT2D eigenvalue weighted by Crippen LogP contribution is 2.61. The highest BCUT2D eigenvalue weighted by atomic mass is 28.3. The standard InChI is InChI=1S/C21H33NO4Si/c1-8-14-16(23)17(27(9-2,10-3)11-4)18-21(14)15(25-21)12-13-22(18)19(24)26-20(5,6)7/h8,15H,9-13H2,1-7H3/b14-8+/t15-,21-/m1/s1. The Morgan fingerprint density at radius 3 is 2.37 bits per heavy atom. The lowest BCUT2D eigenvalue weighted by Gasteiger charge is -2.36. The Balaban J connectivity index is 2.19. The van der Waals surface area contributed by atoms with Crippen LogP contribution in [-0.4, -0.2) is 48.7 Å². The average molecular weight is 392 g/mol. The van der Waals surface area contributed by atoms with Crippen molar-refractivity contribution in [2.24, 2.45) is 0 Å². The SMILES string of the molecule is C/C=C1\C(=O)C([Si](CC)(CC)CC)=C2N(C(=O)OC(C)(C)C)CC[C@H]3O[C@]213. The van der Waals surface area contributed by atoms with Crippen LogP contribution in [0.15, 0.2) is 22.5 Å². The molecule has 6 heteroatoms. The molecule has 2 saturated heterocycles. The molecule has 3 aliphatic rings. The minimum Gasteiger partial charge on any atom is -0.443 e. The normalized spacial score (nSPS) is 29.1. The fourth-order valence-corrected chi connectivity index (χ4v) is 8.93. The molecule has 2 heterocycles. The van der Waals surface area contributed by atoms with Crippen LogP contribution in [0.4, 0.5) is 4.79 Å². The summed E-state index contributed by atoms with van der Waals surface area (Å²) in [6.07, 6.45) is 2.28. The lowest BCUT2D eigenvalue weighted by atomic mass is 9.90. The van der Waals surface area contributed by atoms with Crippen molar-refractivity contribution >= 4 is 20.0 Å². The van der Waals surface area contributed by atoms with Gasteiger partial charge in [-0.2, -0.15) is 0 Å². The molecule has 1 aliphatic carbocycles. The molecular formula is C21H33NO4Si. The number of amides is 1. The molecule has 0 aromatic heterocycles. The molecule has 2 fully saturated rings. The van der Waals surface area contributed by atoms with Gasteiger partial charge in [0.05, 0.1) is 13.8 Å². The Hall–Kier alpha value is -1.40. The molecule has 0 bridgehead atoms. The molecule has 27 heavy (non-hydrogen) atoms. The molecule has 3 rings (SSSR count). The van der Waals surface area contributed by atoms with E-state index in [1.807, 2.05) is 33.8 Å². The molecule has 1 spiro atoms. The van der Waals surface area contributed by atoms with Gasteiger partial charge >= 0.3 is 6.09 Å². The Kier molecular flexibility index (Phi) is 4.96. The zero-order valence-corrected chi connectivity index (χ0v) is 18.8. The largest absolute Gasteiger partial charge is 0.443 e. The number of likely N-dealkylation sites (tertiary alicyclic amines) is 1. The predicted octanol–water partition coefficient (Wildman–Crippen LogP) is 4.60. The van der Waals surface area contributed by atoms with Crippen LogP contribution in [0.25, 0.3) is 0 Å². The molecule has 150 valence electrons. The van der Waals surface area contributed by atoms with E-state index in [0.29, 0.717) is 6.54 Å². The minimum absolute atomic E-state index is 0.0103. The number of allylic oxidation sites excluding steroid dienone is 2. The minimum atomic E-state index is -2.02. The first-order valence-corrected chi connectivity index (χ1v) is 12.9. The summed E-state index contributed by atoms with van der Waals surface area (Å²) in [4.78, 5) is 28.3. The first-order chi connectivity index (χ1) is 12.6. The van der Waals surface area contributed by atoms with Crippen molar-refractivity contribution in [1.29, 1.82) is 0 Å². The third-order valence-corrected chi connectivity index (χ3v) is 12.1. The number of hydrogen-bond acceptors (Lipinski definition) is 4. The number of carbonyl (C=O) groups excluding carboxylic acids is 2. The molecule has 0 N–H and O–H groups in total. The van der Waals surface area contributed by atoms with Gasteiger partial charge in [0, 0.05) is 17.3 Å². The van der Waals surface area contributed by atoms with Crippen molar-refractivity contribution in [3.63, 3.8) is 0 Å². The summed E-state index contributed by atoms with van der Waals surface area (Å²) >= 11 is 0. The summed E-state index contributed by atoms with van der Waals surface area (Å²) in [5.74, 6) is 0.114. The molecule has 0 saturated carbocycles. The van der Waals surface area contributed by atoms with Gasteiger partial charge in [0.1, 0.15) is 11.7 Å². The van der Waals surface area contributed by atoms with Crippen LogP contribution in [0.5, 0.6) is 0 Å². The first kappa shape index (κ1) is 20.3. The monoisotopic (exact) mass is 391 g/mol. The number of hydrogen-bond donors (Lipinski definition) is 0. The highest BCUT2D eigenvalue weighted by Gasteiger charge is 2.72. The fraction of sp³-hybridized carbons (Fsp3) is 0.714. The lowest BCUT2D eigenvalue weighted by Crippen LogP contribution is -2.46. The zero-order valence-electron chi connectivity index (χ0n) is 17.8. The van der Waals surface area contributed by atoms with E-state index in [4.69, 9.17) is 9.47 Å². The second kappa shape index (κ2) is 6.59. The van der Waals surface area contributed by atoms with Crippen molar-refractivity contribution < 1.29 is 19.1 Å². The Labute approximate surface area is 163 Å². The predicted molar refractivity (Wildman–Crippen MR) is 108 cm³/mol. The molecule has 5 nitrogen and oxygen atoms in total. The van der Waals surface area contributed by atoms with Gasteiger partial charge in [-0.05, 0) is 34.1 Å². The Morgan fingerprint density at radius 1 is 1.30 bits per heavy atom. The summed E-state index contributed by atoms with van der Waals surface area (Å²) in [5, 5.41) is 0.913. The van der Waals surface area contributed by atoms with Crippen molar-refractivity contribution in [3.8, 4) is 0 Å². The van der Waals surface area contributed by atoms with E-state index >= 15 is 0 Å². The third kappa shape index (κ3) is 2.83. The van der Waals surface area contributed by atoms with Gasteiger partial charge < -0.3 is 9.47 Å². The number of piperidine rings is 1. The average Bonchev–Trinajstić information content (AvgIpc) is 3.27. The van der Waals surface area contributed by atoms with E-state index in [2.05, 4.69) is 20.8 Å². The van der Waals surface area contributed by atoms with Crippen LogP contribution in [0, 0.1) is 0 Å². The van der Waals surface area contributed by atoms with Gasteiger partial charge in [-0.3, -0.25) is 9.69 Å². The summed E-state index contributed by atoms with van der Waals surface area (Å²) in [6.45, 7) is 14.6. The van der Waals surface area contributed by atoms with Crippen LogP contribution < -0.4 is 0 Å². The molecule has 2 atom stereocenters. The van der Waals surface area contributed by atoms with Crippen LogP contribution in [0.3, 0.4) is 0 Å². The first-order valence-electron chi connectivity index (χ1n) is 10.3. The summed E-state index contributed by atoms with van der Waals surface area (Å²) in [7, 11) is -2.02. The molecule has 0 unspecified atom stereocenters. The quantitative estimate of drug-likeness (QED) is 0.399. The van der Waals surface area contributed by atoms with E-state index in [9.17, 15) is 9.59 Å². The van der Waals surface area contributed by atoms with Crippen molar-refractivity contribution in [1.82, 2.24) is 4.90 Å². The zero-order chi connectivity index (χ0) is 20.2. The fourth-order valence-electron chi connectivity index (χ4n) is 4.93. The van der Waals surface area contributed by atoms with Crippen LogP contribution >= 0.6 is 0 Å². The Bertz CT molecular complexity index is 721. The number of carbonyl (C=O) groups is 2. The van der Waals surface area contributed by atoms with Gasteiger partial charge in [0.25, 0.3) is 0 Å². The van der Waals surface area contributed by atoms with Gasteiger partial charge in [0.15, 0.2) is 11.4 Å². The molecule has 2 aliphatic heterocycles. The summed E-state index contributed by atoms with van der Waals surface area (Å²) in [5.41, 5.74) is 0.280. The summed E-state index contributed by atoms with van der Waals surface area (Å²) in [6, 6.07) is 2.97. The number of ether oxygens (including phenoxy) is 2. The van der Waals surface area contributed by atoms with Crippen molar-refractivity contribution in [3.05, 3.63) is 22.5 Å².